The van der Waals surface area contributed by atoms with Crippen LogP contribution < -0.4 is 15.6 Å². The summed E-state index contributed by atoms with van der Waals surface area (Å²) in [6.07, 6.45) is 0. The van der Waals surface area contributed by atoms with E-state index < -0.39 is 0 Å². The van der Waals surface area contributed by atoms with Gasteiger partial charge in [-0.3, -0.25) is 9.59 Å². The Labute approximate surface area is 183 Å². The van der Waals surface area contributed by atoms with E-state index in [9.17, 15) is 9.59 Å². The second-order valence-electron chi connectivity index (χ2n) is 7.05. The van der Waals surface area contributed by atoms with Gasteiger partial charge in [0.1, 0.15) is 11.5 Å². The second kappa shape index (κ2) is 9.09. The first-order valence-electron chi connectivity index (χ1n) is 9.68. The van der Waals surface area contributed by atoms with Gasteiger partial charge in [-0.2, -0.15) is 0 Å². The third-order valence-corrected chi connectivity index (χ3v) is 5.49. The van der Waals surface area contributed by atoms with Crippen molar-refractivity contribution in [3.8, 4) is 5.75 Å². The van der Waals surface area contributed by atoms with Crippen LogP contribution >= 0.6 is 11.8 Å². The van der Waals surface area contributed by atoms with Gasteiger partial charge in [0.05, 0.1) is 5.69 Å². The van der Waals surface area contributed by atoms with Crippen LogP contribution in [0.3, 0.4) is 0 Å². The summed E-state index contributed by atoms with van der Waals surface area (Å²) in [6.45, 7) is 3.71. The van der Waals surface area contributed by atoms with Crippen molar-refractivity contribution < 1.29 is 14.1 Å². The highest BCUT2D eigenvalue weighted by Crippen LogP contribution is 2.23. The Morgan fingerprint density at radius 1 is 1.10 bits per heavy atom. The predicted octanol–water partition coefficient (Wildman–Crippen LogP) is 4.21. The van der Waals surface area contributed by atoms with Crippen molar-refractivity contribution in [2.24, 2.45) is 0 Å². The maximum Gasteiger partial charge on any atom is 0.287 e. The van der Waals surface area contributed by atoms with E-state index in [0.717, 1.165) is 10.5 Å². The second-order valence-corrected chi connectivity index (χ2v) is 8.10. The Morgan fingerprint density at radius 2 is 1.84 bits per heavy atom. The minimum atomic E-state index is -0.236. The summed E-state index contributed by atoms with van der Waals surface area (Å²) in [7, 11) is 0. The highest BCUT2D eigenvalue weighted by atomic mass is 32.2. The molecule has 158 valence electrons. The molecule has 0 bridgehead atoms. The van der Waals surface area contributed by atoms with Crippen molar-refractivity contribution >= 4 is 29.0 Å². The lowest BCUT2D eigenvalue weighted by molar-refractivity contribution is -0.118. The predicted molar refractivity (Wildman–Crippen MR) is 120 cm³/mol. The van der Waals surface area contributed by atoms with Gasteiger partial charge in [0.15, 0.2) is 12.3 Å². The smallest absolute Gasteiger partial charge is 0.287 e. The molecule has 7 nitrogen and oxygen atoms in total. The molecule has 1 amide bonds. The van der Waals surface area contributed by atoms with Crippen LogP contribution in [0.25, 0.3) is 5.65 Å². The molecule has 2 aromatic heterocycles. The third kappa shape index (κ3) is 5.35. The van der Waals surface area contributed by atoms with Crippen molar-refractivity contribution in [2.75, 3.05) is 11.9 Å². The van der Waals surface area contributed by atoms with Crippen molar-refractivity contribution in [2.45, 2.75) is 24.5 Å². The minimum absolute atomic E-state index is 0.0588. The molecular weight excluding hydrogens is 414 g/mol. The molecule has 0 radical (unpaired) electrons. The average molecular weight is 436 g/mol. The van der Waals surface area contributed by atoms with Gasteiger partial charge in [0.2, 0.25) is 0 Å². The summed E-state index contributed by atoms with van der Waals surface area (Å²) in [5.41, 5.74) is 2.77. The molecule has 0 spiro atoms. The number of rotatable bonds is 7. The number of nitrogens with one attached hydrogen (secondary N) is 1. The molecule has 0 unspecified atom stereocenters. The zero-order chi connectivity index (χ0) is 21.8. The van der Waals surface area contributed by atoms with Crippen LogP contribution in [0.5, 0.6) is 5.75 Å². The molecule has 0 saturated carbocycles. The van der Waals surface area contributed by atoms with Gasteiger partial charge in [-0.05, 0) is 50.2 Å². The number of thioether (sulfide) groups is 1. The van der Waals surface area contributed by atoms with Crippen LogP contribution in [-0.2, 0) is 10.5 Å². The van der Waals surface area contributed by atoms with Crippen molar-refractivity contribution in [3.63, 3.8) is 0 Å². The average Bonchev–Trinajstić information content (AvgIpc) is 3.14. The van der Waals surface area contributed by atoms with Crippen LogP contribution in [-0.4, -0.2) is 22.1 Å². The molecule has 4 aromatic rings. The Morgan fingerprint density at radius 3 is 2.58 bits per heavy atom. The maximum atomic E-state index is 12.1. The summed E-state index contributed by atoms with van der Waals surface area (Å²) < 4.78 is 12.0. The summed E-state index contributed by atoms with van der Waals surface area (Å²) in [6, 6.07) is 18.2. The molecule has 0 saturated heterocycles. The number of nitrogens with zero attached hydrogens (tertiary/aromatic N) is 2. The van der Waals surface area contributed by atoms with Gasteiger partial charge >= 0.3 is 0 Å². The number of hydrogen-bond donors (Lipinski definition) is 1. The van der Waals surface area contributed by atoms with Gasteiger partial charge in [-0.15, -0.1) is 16.3 Å². The Hall–Kier alpha value is -3.52. The lowest BCUT2D eigenvalue weighted by Gasteiger charge is -2.08. The molecule has 4 rings (SSSR count). The van der Waals surface area contributed by atoms with Crippen molar-refractivity contribution in [1.29, 1.82) is 0 Å². The highest BCUT2D eigenvalue weighted by molar-refractivity contribution is 7.98. The van der Waals surface area contributed by atoms with Gasteiger partial charge < -0.3 is 14.6 Å². The summed E-state index contributed by atoms with van der Waals surface area (Å²) in [5, 5.41) is 2.81. The SMILES string of the molecule is Cc1ccc(OCC(=O)Nc2ccc(SCc3cc(=O)n4oc(C)cc4n3)cc2)cc1. The fourth-order valence-electron chi connectivity index (χ4n) is 2.92. The van der Waals surface area contributed by atoms with Gasteiger partial charge in [0.25, 0.3) is 11.5 Å². The first kappa shape index (κ1) is 20.7. The fraction of sp³-hybridized carbons (Fsp3) is 0.174. The van der Waals surface area contributed by atoms with E-state index in [0.29, 0.717) is 34.3 Å². The zero-order valence-corrected chi connectivity index (χ0v) is 17.9. The molecule has 0 atom stereocenters. The minimum Gasteiger partial charge on any atom is -0.484 e. The monoisotopic (exact) mass is 435 g/mol. The van der Waals surface area contributed by atoms with Gasteiger partial charge in [-0.25, -0.2) is 4.98 Å². The summed E-state index contributed by atoms with van der Waals surface area (Å²) >= 11 is 1.56. The molecule has 2 heterocycles. The quantitative estimate of drug-likeness (QED) is 0.438. The Balaban J connectivity index is 1.30. The lowest BCUT2D eigenvalue weighted by Crippen LogP contribution is -2.20. The number of anilines is 1. The molecule has 0 aliphatic carbocycles. The molecule has 8 heteroatoms. The normalized spacial score (nSPS) is 10.9. The van der Waals surface area contributed by atoms with E-state index in [-0.39, 0.29) is 18.1 Å². The molecule has 2 aromatic carbocycles. The largest absolute Gasteiger partial charge is 0.484 e. The van der Waals surface area contributed by atoms with Crippen LogP contribution in [0.4, 0.5) is 5.69 Å². The molecule has 31 heavy (non-hydrogen) atoms. The van der Waals surface area contributed by atoms with Crippen LogP contribution in [0.2, 0.25) is 0 Å². The van der Waals surface area contributed by atoms with Crippen molar-refractivity contribution in [1.82, 2.24) is 9.56 Å². The number of hydrogen-bond acceptors (Lipinski definition) is 6. The standard InChI is InChI=1S/C23H21N3O4S/c1-15-3-7-19(8-4-15)29-13-22(27)25-17-5-9-20(10-6-17)31-14-18-12-23(28)26-21(24-18)11-16(2)30-26/h3-12H,13-14H2,1-2H3,(H,25,27). The van der Waals surface area contributed by atoms with Crippen LogP contribution in [0.1, 0.15) is 17.0 Å². The topological polar surface area (TPSA) is 85.8 Å². The molecular formula is C23H21N3O4S. The first-order valence-corrected chi connectivity index (χ1v) is 10.7. The van der Waals surface area contributed by atoms with Crippen molar-refractivity contribution in [3.05, 3.63) is 88.0 Å². The summed E-state index contributed by atoms with van der Waals surface area (Å²) in [4.78, 5) is 29.7. The van der Waals surface area contributed by atoms with E-state index in [1.165, 1.54) is 10.6 Å². The Kier molecular flexibility index (Phi) is 6.08. The van der Waals surface area contributed by atoms with E-state index >= 15 is 0 Å². The van der Waals surface area contributed by atoms with E-state index in [1.54, 1.807) is 24.8 Å². The molecule has 1 N–H and O–H groups in total. The van der Waals surface area contributed by atoms with Gasteiger partial charge in [-0.1, -0.05) is 17.7 Å². The van der Waals surface area contributed by atoms with Crippen LogP contribution in [0, 0.1) is 13.8 Å². The van der Waals surface area contributed by atoms with E-state index in [2.05, 4.69) is 10.3 Å². The number of carbonyl (C=O) groups excluding carboxylic acids is 1. The molecule has 0 fully saturated rings. The lowest BCUT2D eigenvalue weighted by atomic mass is 10.2. The molecule has 0 aliphatic rings. The van der Waals surface area contributed by atoms with E-state index in [4.69, 9.17) is 9.26 Å². The third-order valence-electron chi connectivity index (χ3n) is 4.44. The number of ether oxygens (including phenoxy) is 1. The summed E-state index contributed by atoms with van der Waals surface area (Å²) in [5.74, 6) is 1.61. The first-order chi connectivity index (χ1) is 15.0. The maximum absolute atomic E-state index is 12.1. The van der Waals surface area contributed by atoms with Gasteiger partial charge in [0, 0.05) is 28.5 Å². The Bertz CT molecular complexity index is 1260. The van der Waals surface area contributed by atoms with E-state index in [1.807, 2.05) is 55.5 Å². The molecule has 0 aliphatic heterocycles. The zero-order valence-electron chi connectivity index (χ0n) is 17.1. The number of aromatic nitrogens is 2. The fourth-order valence-corrected chi connectivity index (χ4v) is 3.71. The number of aryl methyl sites for hydroxylation is 2. The number of amides is 1. The van der Waals surface area contributed by atoms with Crippen LogP contribution in [0.15, 0.2) is 74.9 Å². The number of benzene rings is 2. The number of carbonyl (C=O) groups is 1. The number of fused-ring (bicyclic) bond motifs is 1. The highest BCUT2D eigenvalue weighted by Gasteiger charge is 2.08.